The lowest BCUT2D eigenvalue weighted by atomic mass is 10.1. The smallest absolute Gasteiger partial charge is 0.274 e. The normalized spacial score (nSPS) is 17.6. The van der Waals surface area contributed by atoms with Crippen molar-refractivity contribution in [3.05, 3.63) is 47.4 Å². The summed E-state index contributed by atoms with van der Waals surface area (Å²) in [6.45, 7) is 5.16. The van der Waals surface area contributed by atoms with Crippen molar-refractivity contribution in [1.29, 1.82) is 0 Å². The van der Waals surface area contributed by atoms with Gasteiger partial charge in [0.2, 0.25) is 0 Å². The molecule has 1 aliphatic rings. The molecule has 1 fully saturated rings. The van der Waals surface area contributed by atoms with Crippen LogP contribution in [0.15, 0.2) is 24.7 Å². The van der Waals surface area contributed by atoms with Crippen molar-refractivity contribution in [3.63, 3.8) is 0 Å². The average molecular weight is 322 g/mol. The second-order valence-electron chi connectivity index (χ2n) is 6.25. The van der Waals surface area contributed by atoms with E-state index in [1.54, 1.807) is 18.6 Å². The summed E-state index contributed by atoms with van der Waals surface area (Å²) < 4.78 is 0. The van der Waals surface area contributed by atoms with E-state index >= 15 is 0 Å². The Hall–Kier alpha value is -2.83. The lowest BCUT2D eigenvalue weighted by Gasteiger charge is -2.15. The number of hydrogen-bond acceptors (Lipinski definition) is 5. The molecule has 122 valence electrons. The lowest BCUT2D eigenvalue weighted by molar-refractivity contribution is 0.0784. The van der Waals surface area contributed by atoms with Crippen LogP contribution in [0.3, 0.4) is 0 Å². The molecule has 0 saturated carbocycles. The minimum absolute atomic E-state index is 0.0618. The Morgan fingerprint density at radius 1 is 1.17 bits per heavy atom. The molecular weight excluding hydrogens is 304 g/mol. The SMILES string of the molecule is Cc1cnc(C(=O)N2CC[C@@H](c3cc4ncc(C)nc4[nH]3)C2)cn1. The fourth-order valence-electron chi connectivity index (χ4n) is 3.09. The Bertz CT molecular complexity index is 901. The van der Waals surface area contributed by atoms with E-state index in [-0.39, 0.29) is 11.8 Å². The van der Waals surface area contributed by atoms with Crippen LogP contribution in [0.5, 0.6) is 0 Å². The van der Waals surface area contributed by atoms with Crippen LogP contribution in [0.4, 0.5) is 0 Å². The number of H-pyrrole nitrogens is 1. The van der Waals surface area contributed by atoms with Crippen molar-refractivity contribution in [3.8, 4) is 0 Å². The molecule has 1 saturated heterocycles. The van der Waals surface area contributed by atoms with E-state index in [0.717, 1.165) is 34.7 Å². The average Bonchev–Trinajstić information content (AvgIpc) is 3.21. The summed E-state index contributed by atoms with van der Waals surface area (Å²) in [4.78, 5) is 34.9. The van der Waals surface area contributed by atoms with E-state index < -0.39 is 0 Å². The summed E-state index contributed by atoms with van der Waals surface area (Å²) in [6, 6.07) is 2.03. The number of nitrogens with zero attached hydrogens (tertiary/aromatic N) is 5. The number of likely N-dealkylation sites (tertiary alicyclic amines) is 1. The van der Waals surface area contributed by atoms with Crippen molar-refractivity contribution < 1.29 is 4.79 Å². The molecule has 3 aromatic rings. The molecule has 1 aliphatic heterocycles. The summed E-state index contributed by atoms with van der Waals surface area (Å²) >= 11 is 0. The topological polar surface area (TPSA) is 87.7 Å². The molecule has 0 unspecified atom stereocenters. The molecule has 4 rings (SSSR count). The molecule has 0 bridgehead atoms. The van der Waals surface area contributed by atoms with Crippen LogP contribution < -0.4 is 0 Å². The Morgan fingerprint density at radius 2 is 2.00 bits per heavy atom. The van der Waals surface area contributed by atoms with Crippen molar-refractivity contribution in [2.45, 2.75) is 26.2 Å². The van der Waals surface area contributed by atoms with Gasteiger partial charge in [0, 0.05) is 37.1 Å². The maximum absolute atomic E-state index is 12.5. The predicted molar refractivity (Wildman–Crippen MR) is 88.7 cm³/mol. The number of nitrogens with one attached hydrogen (secondary N) is 1. The molecule has 0 aliphatic carbocycles. The number of aromatic nitrogens is 5. The summed E-state index contributed by atoms with van der Waals surface area (Å²) in [7, 11) is 0. The molecule has 7 nitrogen and oxygen atoms in total. The highest BCUT2D eigenvalue weighted by Crippen LogP contribution is 2.28. The second kappa shape index (κ2) is 5.67. The van der Waals surface area contributed by atoms with Crippen LogP contribution in [0.1, 0.15) is 39.9 Å². The Labute approximate surface area is 139 Å². The fourth-order valence-corrected chi connectivity index (χ4v) is 3.09. The monoisotopic (exact) mass is 322 g/mol. The zero-order valence-electron chi connectivity index (χ0n) is 13.7. The van der Waals surface area contributed by atoms with Gasteiger partial charge in [0.1, 0.15) is 11.2 Å². The zero-order valence-corrected chi connectivity index (χ0v) is 13.7. The minimum atomic E-state index is -0.0618. The van der Waals surface area contributed by atoms with Gasteiger partial charge >= 0.3 is 0 Å². The van der Waals surface area contributed by atoms with Crippen LogP contribution in [0.25, 0.3) is 11.2 Å². The maximum atomic E-state index is 12.5. The number of carbonyl (C=O) groups is 1. The highest BCUT2D eigenvalue weighted by Gasteiger charge is 2.29. The second-order valence-corrected chi connectivity index (χ2v) is 6.25. The van der Waals surface area contributed by atoms with Gasteiger partial charge in [-0.25, -0.2) is 9.97 Å². The summed E-state index contributed by atoms with van der Waals surface area (Å²) in [5.41, 5.74) is 4.85. The van der Waals surface area contributed by atoms with Gasteiger partial charge in [0.15, 0.2) is 5.65 Å². The van der Waals surface area contributed by atoms with E-state index in [1.165, 1.54) is 0 Å². The molecule has 0 spiro atoms. The molecule has 24 heavy (non-hydrogen) atoms. The number of carbonyl (C=O) groups excluding carboxylic acids is 1. The minimum Gasteiger partial charge on any atom is -0.342 e. The molecule has 0 aromatic carbocycles. The first kappa shape index (κ1) is 14.7. The van der Waals surface area contributed by atoms with Crippen molar-refractivity contribution in [2.75, 3.05) is 13.1 Å². The van der Waals surface area contributed by atoms with Crippen molar-refractivity contribution >= 4 is 17.1 Å². The summed E-state index contributed by atoms with van der Waals surface area (Å²) in [5.74, 6) is 0.205. The van der Waals surface area contributed by atoms with E-state index in [2.05, 4.69) is 24.9 Å². The van der Waals surface area contributed by atoms with Crippen LogP contribution in [-0.2, 0) is 0 Å². The Balaban J connectivity index is 1.52. The van der Waals surface area contributed by atoms with Gasteiger partial charge in [-0.2, -0.15) is 0 Å². The van der Waals surface area contributed by atoms with E-state index in [4.69, 9.17) is 0 Å². The highest BCUT2D eigenvalue weighted by molar-refractivity contribution is 5.92. The van der Waals surface area contributed by atoms with E-state index in [1.807, 2.05) is 24.8 Å². The molecule has 3 aromatic heterocycles. The van der Waals surface area contributed by atoms with Gasteiger partial charge in [0.25, 0.3) is 5.91 Å². The van der Waals surface area contributed by atoms with Crippen molar-refractivity contribution in [2.24, 2.45) is 0 Å². The van der Waals surface area contributed by atoms with Gasteiger partial charge in [-0.1, -0.05) is 0 Å². The molecule has 0 radical (unpaired) electrons. The van der Waals surface area contributed by atoms with Gasteiger partial charge < -0.3 is 9.88 Å². The zero-order chi connectivity index (χ0) is 16.7. The van der Waals surface area contributed by atoms with Gasteiger partial charge in [0.05, 0.1) is 17.6 Å². The largest absolute Gasteiger partial charge is 0.342 e. The molecule has 1 amide bonds. The van der Waals surface area contributed by atoms with Crippen molar-refractivity contribution in [1.82, 2.24) is 29.8 Å². The van der Waals surface area contributed by atoms with Gasteiger partial charge in [-0.15, -0.1) is 0 Å². The molecule has 1 atom stereocenters. The summed E-state index contributed by atoms with van der Waals surface area (Å²) in [6.07, 6.45) is 5.85. The predicted octanol–water partition coefficient (Wildman–Crippen LogP) is 1.99. The molecule has 7 heteroatoms. The fraction of sp³-hybridized carbons (Fsp3) is 0.353. The summed E-state index contributed by atoms with van der Waals surface area (Å²) in [5, 5.41) is 0. The lowest BCUT2D eigenvalue weighted by Crippen LogP contribution is -2.29. The number of aromatic amines is 1. The van der Waals surface area contributed by atoms with E-state index in [9.17, 15) is 4.79 Å². The highest BCUT2D eigenvalue weighted by atomic mass is 16.2. The third kappa shape index (κ3) is 2.62. The van der Waals surface area contributed by atoms with Gasteiger partial charge in [-0.3, -0.25) is 14.8 Å². The Kier molecular flexibility index (Phi) is 3.48. The van der Waals surface area contributed by atoms with Crippen LogP contribution in [0, 0.1) is 13.8 Å². The van der Waals surface area contributed by atoms with Crippen LogP contribution in [0.2, 0.25) is 0 Å². The number of amides is 1. The molecular formula is C17H18N6O. The number of hydrogen-bond donors (Lipinski definition) is 1. The van der Waals surface area contributed by atoms with E-state index in [0.29, 0.717) is 18.8 Å². The standard InChI is InChI=1S/C17H18N6O/c1-10-6-20-15(8-18-10)17(24)23-4-3-12(9-23)13-5-14-16(22-13)21-11(2)7-19-14/h5-8,12H,3-4,9H2,1-2H3,(H,21,22)/t12-/m1/s1. The first-order valence-electron chi connectivity index (χ1n) is 8.00. The molecule has 1 N–H and O–H groups in total. The Morgan fingerprint density at radius 3 is 2.79 bits per heavy atom. The first-order chi connectivity index (χ1) is 11.6. The molecule has 4 heterocycles. The quantitative estimate of drug-likeness (QED) is 0.779. The first-order valence-corrected chi connectivity index (χ1v) is 8.00. The third-order valence-corrected chi connectivity index (χ3v) is 4.39. The van der Waals surface area contributed by atoms with Crippen LogP contribution >= 0.6 is 0 Å². The van der Waals surface area contributed by atoms with Crippen LogP contribution in [-0.4, -0.2) is 48.8 Å². The third-order valence-electron chi connectivity index (χ3n) is 4.39. The number of rotatable bonds is 2. The maximum Gasteiger partial charge on any atom is 0.274 e. The number of fused-ring (bicyclic) bond motifs is 1. The number of aryl methyl sites for hydroxylation is 2. The van der Waals surface area contributed by atoms with Gasteiger partial charge in [-0.05, 0) is 26.3 Å².